The van der Waals surface area contributed by atoms with Gasteiger partial charge in [-0.25, -0.2) is 0 Å². The van der Waals surface area contributed by atoms with Crippen LogP contribution in [0.5, 0.6) is 0 Å². The summed E-state index contributed by atoms with van der Waals surface area (Å²) in [6, 6.07) is 9.14. The monoisotopic (exact) mass is 350 g/mol. The van der Waals surface area contributed by atoms with E-state index in [-0.39, 0.29) is 0 Å². The van der Waals surface area contributed by atoms with Crippen molar-refractivity contribution in [1.29, 1.82) is 0 Å². The Kier molecular flexibility index (Phi) is 6.18. The number of hydrogen-bond acceptors (Lipinski definition) is 0. The van der Waals surface area contributed by atoms with E-state index in [0.29, 0.717) is 0 Å². The molecule has 0 saturated heterocycles. The van der Waals surface area contributed by atoms with Crippen molar-refractivity contribution in [1.82, 2.24) is 0 Å². The molecule has 2 fully saturated rings. The molecule has 2 saturated carbocycles. The van der Waals surface area contributed by atoms with Gasteiger partial charge in [-0.3, -0.25) is 0 Å². The summed E-state index contributed by atoms with van der Waals surface area (Å²) in [7, 11) is 0. The molecule has 0 heterocycles. The smallest absolute Gasteiger partial charge is 0.00671 e. The lowest BCUT2D eigenvalue weighted by Gasteiger charge is -2.39. The summed E-state index contributed by atoms with van der Waals surface area (Å²) >= 11 is 0. The summed E-state index contributed by atoms with van der Waals surface area (Å²) in [6.45, 7) is 2.18. The fourth-order valence-corrected chi connectivity index (χ4v) is 6.16. The van der Waals surface area contributed by atoms with Gasteiger partial charge in [0.25, 0.3) is 0 Å². The first kappa shape index (κ1) is 18.3. The topological polar surface area (TPSA) is 0 Å². The third kappa shape index (κ3) is 4.62. The van der Waals surface area contributed by atoms with Crippen molar-refractivity contribution in [2.75, 3.05) is 0 Å². The molecule has 1 unspecified atom stereocenters. The van der Waals surface area contributed by atoms with Crippen LogP contribution < -0.4 is 0 Å². The Labute approximate surface area is 161 Å². The van der Waals surface area contributed by atoms with Crippen molar-refractivity contribution < 1.29 is 0 Å². The van der Waals surface area contributed by atoms with E-state index in [4.69, 9.17) is 0 Å². The fourth-order valence-electron chi connectivity index (χ4n) is 6.16. The highest BCUT2D eigenvalue weighted by molar-refractivity contribution is 5.26. The van der Waals surface area contributed by atoms with E-state index in [1.165, 1.54) is 68.9 Å². The minimum absolute atomic E-state index is 0.990. The quantitative estimate of drug-likeness (QED) is 0.489. The van der Waals surface area contributed by atoms with E-state index < -0.39 is 0 Å². The third-order valence-corrected chi connectivity index (χ3v) is 7.90. The molecular formula is C26H38. The van der Waals surface area contributed by atoms with Gasteiger partial charge in [0, 0.05) is 0 Å². The van der Waals surface area contributed by atoms with Crippen molar-refractivity contribution in [3.8, 4) is 0 Å². The van der Waals surface area contributed by atoms with Crippen molar-refractivity contribution >= 4 is 0 Å². The Morgan fingerprint density at radius 1 is 0.692 bits per heavy atom. The molecule has 0 spiro atoms. The molecule has 4 rings (SSSR count). The molecule has 0 amide bonds. The van der Waals surface area contributed by atoms with Crippen LogP contribution in [0.3, 0.4) is 0 Å². The highest BCUT2D eigenvalue weighted by atomic mass is 14.4. The second-order valence-corrected chi connectivity index (χ2v) is 9.63. The maximum atomic E-state index is 2.61. The Morgan fingerprint density at radius 3 is 1.92 bits per heavy atom. The molecule has 1 aromatic carbocycles. The van der Waals surface area contributed by atoms with E-state index in [2.05, 4.69) is 37.3 Å². The normalized spacial score (nSPS) is 30.8. The van der Waals surface area contributed by atoms with Crippen molar-refractivity contribution in [3.05, 3.63) is 47.0 Å². The van der Waals surface area contributed by atoms with Gasteiger partial charge in [-0.1, -0.05) is 73.6 Å². The Hall–Kier alpha value is -1.04. The first-order chi connectivity index (χ1) is 12.8. The largest absolute Gasteiger partial charge is 0.0847 e. The zero-order chi connectivity index (χ0) is 17.8. The molecule has 0 aromatic heterocycles. The maximum Gasteiger partial charge on any atom is -0.00671 e. The Morgan fingerprint density at radius 2 is 1.31 bits per heavy atom. The minimum Gasteiger partial charge on any atom is -0.0847 e. The molecular weight excluding hydrogens is 312 g/mol. The van der Waals surface area contributed by atoms with E-state index in [1.807, 2.05) is 0 Å². The standard InChI is InChI=1S/C26H38/c1-20-7-9-21(10-8-20)19-22-11-13-24(14-12-22)26-17-15-25(16-18-26)23-5-3-2-4-6-23/h7-11,23-26H,2-6,12-19H2,1H3. The van der Waals surface area contributed by atoms with Crippen LogP contribution in [0.2, 0.25) is 0 Å². The van der Waals surface area contributed by atoms with E-state index in [9.17, 15) is 0 Å². The molecule has 0 heteroatoms. The number of rotatable bonds is 4. The molecule has 0 aliphatic heterocycles. The van der Waals surface area contributed by atoms with Crippen LogP contribution in [0.25, 0.3) is 0 Å². The van der Waals surface area contributed by atoms with Crippen LogP contribution in [0, 0.1) is 30.6 Å². The summed E-state index contributed by atoms with van der Waals surface area (Å²) < 4.78 is 0. The molecule has 0 bridgehead atoms. The summed E-state index contributed by atoms with van der Waals surface area (Å²) in [5.74, 6) is 4.20. The van der Waals surface area contributed by atoms with Gasteiger partial charge in [-0.15, -0.1) is 0 Å². The SMILES string of the molecule is Cc1ccc(CC2=CCC(C3CCC(C4CCCCC4)CC3)CC2)cc1. The van der Waals surface area contributed by atoms with Gasteiger partial charge in [-0.2, -0.15) is 0 Å². The lowest BCUT2D eigenvalue weighted by Crippen LogP contribution is -2.27. The van der Waals surface area contributed by atoms with E-state index >= 15 is 0 Å². The number of allylic oxidation sites excluding steroid dienone is 2. The summed E-state index contributed by atoms with van der Waals surface area (Å²) in [4.78, 5) is 0. The van der Waals surface area contributed by atoms with Crippen molar-refractivity contribution in [2.45, 2.75) is 90.4 Å². The molecule has 1 atom stereocenters. The molecule has 0 N–H and O–H groups in total. The highest BCUT2D eigenvalue weighted by Gasteiger charge is 2.32. The lowest BCUT2D eigenvalue weighted by molar-refractivity contribution is 0.134. The molecule has 3 aliphatic rings. The third-order valence-electron chi connectivity index (χ3n) is 7.90. The second kappa shape index (κ2) is 8.77. The van der Waals surface area contributed by atoms with Gasteiger partial charge in [0.1, 0.15) is 0 Å². The Balaban J connectivity index is 1.24. The van der Waals surface area contributed by atoms with Gasteiger partial charge in [0.15, 0.2) is 0 Å². The number of benzene rings is 1. The van der Waals surface area contributed by atoms with Crippen LogP contribution in [0.15, 0.2) is 35.9 Å². The molecule has 142 valence electrons. The highest BCUT2D eigenvalue weighted by Crippen LogP contribution is 2.44. The van der Waals surface area contributed by atoms with Gasteiger partial charge in [-0.05, 0) is 87.5 Å². The molecule has 0 radical (unpaired) electrons. The van der Waals surface area contributed by atoms with Gasteiger partial charge in [0.2, 0.25) is 0 Å². The molecule has 26 heavy (non-hydrogen) atoms. The minimum atomic E-state index is 0.990. The van der Waals surface area contributed by atoms with Crippen LogP contribution in [-0.4, -0.2) is 0 Å². The predicted octanol–water partition coefficient (Wildman–Crippen LogP) is 7.65. The average Bonchev–Trinajstić information content (AvgIpc) is 2.71. The van der Waals surface area contributed by atoms with E-state index in [0.717, 1.165) is 23.7 Å². The second-order valence-electron chi connectivity index (χ2n) is 9.63. The fraction of sp³-hybridized carbons (Fsp3) is 0.692. The lowest BCUT2D eigenvalue weighted by atomic mass is 9.67. The van der Waals surface area contributed by atoms with Crippen LogP contribution >= 0.6 is 0 Å². The van der Waals surface area contributed by atoms with Gasteiger partial charge in [0.05, 0.1) is 0 Å². The van der Waals surface area contributed by atoms with Crippen molar-refractivity contribution in [3.63, 3.8) is 0 Å². The first-order valence-electron chi connectivity index (χ1n) is 11.5. The van der Waals surface area contributed by atoms with Crippen LogP contribution in [0.1, 0.15) is 88.2 Å². The number of aryl methyl sites for hydroxylation is 1. The summed E-state index contributed by atoms with van der Waals surface area (Å²) in [5.41, 5.74) is 4.56. The first-order valence-corrected chi connectivity index (χ1v) is 11.5. The van der Waals surface area contributed by atoms with Crippen molar-refractivity contribution in [2.24, 2.45) is 23.7 Å². The zero-order valence-electron chi connectivity index (χ0n) is 16.9. The molecule has 0 nitrogen and oxygen atoms in total. The predicted molar refractivity (Wildman–Crippen MR) is 112 cm³/mol. The van der Waals surface area contributed by atoms with E-state index in [1.54, 1.807) is 31.3 Å². The van der Waals surface area contributed by atoms with Gasteiger partial charge >= 0.3 is 0 Å². The Bertz CT molecular complexity index is 579. The number of hydrogen-bond donors (Lipinski definition) is 0. The summed E-state index contributed by atoms with van der Waals surface area (Å²) in [6.07, 6.45) is 21.8. The zero-order valence-corrected chi connectivity index (χ0v) is 16.9. The average molecular weight is 351 g/mol. The van der Waals surface area contributed by atoms with Gasteiger partial charge < -0.3 is 0 Å². The van der Waals surface area contributed by atoms with Crippen LogP contribution in [0.4, 0.5) is 0 Å². The molecule has 3 aliphatic carbocycles. The maximum absolute atomic E-state index is 2.61. The summed E-state index contributed by atoms with van der Waals surface area (Å²) in [5, 5.41) is 0. The molecule has 1 aromatic rings. The van der Waals surface area contributed by atoms with Crippen LogP contribution in [-0.2, 0) is 6.42 Å².